The van der Waals surface area contributed by atoms with Crippen molar-refractivity contribution in [2.24, 2.45) is 5.73 Å². The van der Waals surface area contributed by atoms with Crippen molar-refractivity contribution in [3.05, 3.63) is 5.89 Å². The molecule has 1 aliphatic rings. The number of nitrogens with two attached hydrogens (primary N) is 1. The topological polar surface area (TPSA) is 68.2 Å². The SMILES string of the molecule is CCN(C)c1noc(C2(N)CCC2)n1. The Bertz CT molecular complexity index is 318. The van der Waals surface area contributed by atoms with Crippen molar-refractivity contribution >= 4 is 5.95 Å². The van der Waals surface area contributed by atoms with Gasteiger partial charge in [0.15, 0.2) is 0 Å². The van der Waals surface area contributed by atoms with E-state index in [0.717, 1.165) is 25.8 Å². The Labute approximate surface area is 83.3 Å². The van der Waals surface area contributed by atoms with Crippen LogP contribution in [0.1, 0.15) is 32.1 Å². The Hall–Kier alpha value is -1.10. The Kier molecular flexibility index (Phi) is 2.19. The van der Waals surface area contributed by atoms with Crippen LogP contribution < -0.4 is 10.6 Å². The standard InChI is InChI=1S/C9H16N4O/c1-3-13(2)8-11-7(14-12-8)9(10)5-4-6-9/h3-6,10H2,1-2H3. The molecule has 1 fully saturated rings. The summed E-state index contributed by atoms with van der Waals surface area (Å²) >= 11 is 0. The third-order valence-electron chi connectivity index (χ3n) is 2.90. The van der Waals surface area contributed by atoms with Crippen LogP contribution in [-0.4, -0.2) is 23.7 Å². The molecule has 0 unspecified atom stereocenters. The van der Waals surface area contributed by atoms with E-state index < -0.39 is 0 Å². The molecule has 5 heteroatoms. The zero-order valence-electron chi connectivity index (χ0n) is 8.66. The van der Waals surface area contributed by atoms with Crippen molar-refractivity contribution in [2.45, 2.75) is 31.7 Å². The van der Waals surface area contributed by atoms with Gasteiger partial charge in [0.2, 0.25) is 5.89 Å². The molecule has 1 aliphatic carbocycles. The molecule has 14 heavy (non-hydrogen) atoms. The van der Waals surface area contributed by atoms with Gasteiger partial charge in [-0.25, -0.2) is 0 Å². The van der Waals surface area contributed by atoms with Crippen LogP contribution in [0.25, 0.3) is 0 Å². The third-order valence-corrected chi connectivity index (χ3v) is 2.90. The predicted molar refractivity (Wildman–Crippen MR) is 53.0 cm³/mol. The fraction of sp³-hybridized carbons (Fsp3) is 0.778. The molecule has 1 aromatic heterocycles. The van der Waals surface area contributed by atoms with Gasteiger partial charge in [0.1, 0.15) is 0 Å². The Balaban J connectivity index is 2.17. The fourth-order valence-corrected chi connectivity index (χ4v) is 1.49. The van der Waals surface area contributed by atoms with E-state index in [1.165, 1.54) is 0 Å². The summed E-state index contributed by atoms with van der Waals surface area (Å²) in [6.07, 6.45) is 3.05. The molecule has 0 saturated heterocycles. The molecule has 0 amide bonds. The highest BCUT2D eigenvalue weighted by molar-refractivity contribution is 5.27. The summed E-state index contributed by atoms with van der Waals surface area (Å²) in [6, 6.07) is 0. The van der Waals surface area contributed by atoms with Crippen molar-refractivity contribution in [2.75, 3.05) is 18.5 Å². The van der Waals surface area contributed by atoms with Crippen molar-refractivity contribution in [1.29, 1.82) is 0 Å². The average molecular weight is 196 g/mol. The Morgan fingerprint density at radius 1 is 1.57 bits per heavy atom. The summed E-state index contributed by atoms with van der Waals surface area (Å²) in [7, 11) is 1.93. The molecular weight excluding hydrogens is 180 g/mol. The fourth-order valence-electron chi connectivity index (χ4n) is 1.49. The van der Waals surface area contributed by atoms with E-state index in [9.17, 15) is 0 Å². The number of aromatic nitrogens is 2. The van der Waals surface area contributed by atoms with Crippen LogP contribution in [0, 0.1) is 0 Å². The Morgan fingerprint density at radius 2 is 2.29 bits per heavy atom. The first-order valence-electron chi connectivity index (χ1n) is 5.00. The normalized spacial score (nSPS) is 19.1. The second kappa shape index (κ2) is 3.24. The molecule has 0 bridgehead atoms. The molecule has 2 rings (SSSR count). The van der Waals surface area contributed by atoms with Gasteiger partial charge >= 0.3 is 0 Å². The summed E-state index contributed by atoms with van der Waals surface area (Å²) in [5.74, 6) is 1.21. The van der Waals surface area contributed by atoms with Crippen LogP contribution >= 0.6 is 0 Å². The van der Waals surface area contributed by atoms with Crippen molar-refractivity contribution in [1.82, 2.24) is 10.1 Å². The van der Waals surface area contributed by atoms with Crippen molar-refractivity contribution in [3.63, 3.8) is 0 Å². The number of anilines is 1. The third kappa shape index (κ3) is 1.37. The van der Waals surface area contributed by atoms with E-state index in [4.69, 9.17) is 10.3 Å². The summed E-state index contributed by atoms with van der Waals surface area (Å²) in [5, 5.41) is 3.89. The first-order chi connectivity index (χ1) is 6.65. The summed E-state index contributed by atoms with van der Waals surface area (Å²) in [4.78, 5) is 6.22. The highest BCUT2D eigenvalue weighted by atomic mass is 16.5. The van der Waals surface area contributed by atoms with Crippen LogP contribution in [0.15, 0.2) is 4.52 Å². The quantitative estimate of drug-likeness (QED) is 0.776. The van der Waals surface area contributed by atoms with Gasteiger partial charge in [-0.2, -0.15) is 4.98 Å². The van der Waals surface area contributed by atoms with Gasteiger partial charge in [0, 0.05) is 13.6 Å². The van der Waals surface area contributed by atoms with E-state index in [2.05, 4.69) is 10.1 Å². The molecular formula is C9H16N4O. The first kappa shape index (κ1) is 9.45. The number of nitrogens with zero attached hydrogens (tertiary/aromatic N) is 3. The lowest BCUT2D eigenvalue weighted by Gasteiger charge is -2.33. The number of hydrogen-bond acceptors (Lipinski definition) is 5. The second-order valence-electron chi connectivity index (χ2n) is 3.92. The van der Waals surface area contributed by atoms with Crippen LogP contribution in [0.3, 0.4) is 0 Å². The molecule has 5 nitrogen and oxygen atoms in total. The molecule has 0 atom stereocenters. The van der Waals surface area contributed by atoms with E-state index in [0.29, 0.717) is 11.8 Å². The minimum atomic E-state index is -0.347. The molecule has 78 valence electrons. The summed E-state index contributed by atoms with van der Waals surface area (Å²) < 4.78 is 5.17. The first-order valence-corrected chi connectivity index (χ1v) is 5.00. The highest BCUT2D eigenvalue weighted by Gasteiger charge is 2.40. The second-order valence-corrected chi connectivity index (χ2v) is 3.92. The van der Waals surface area contributed by atoms with Crippen LogP contribution in [0.4, 0.5) is 5.95 Å². The van der Waals surface area contributed by atoms with Gasteiger partial charge in [-0.05, 0) is 31.3 Å². The summed E-state index contributed by atoms with van der Waals surface area (Å²) in [6.45, 7) is 2.90. The molecule has 0 aliphatic heterocycles. The van der Waals surface area contributed by atoms with E-state index >= 15 is 0 Å². The number of hydrogen-bond donors (Lipinski definition) is 1. The summed E-state index contributed by atoms with van der Waals surface area (Å²) in [5.41, 5.74) is 5.72. The lowest BCUT2D eigenvalue weighted by Crippen LogP contribution is -2.43. The molecule has 2 N–H and O–H groups in total. The smallest absolute Gasteiger partial charge is 0.265 e. The minimum Gasteiger partial charge on any atom is -0.342 e. The van der Waals surface area contributed by atoms with E-state index in [1.54, 1.807) is 0 Å². The van der Waals surface area contributed by atoms with Gasteiger partial charge in [-0.1, -0.05) is 0 Å². The maximum Gasteiger partial charge on any atom is 0.265 e. The van der Waals surface area contributed by atoms with Gasteiger partial charge in [0.25, 0.3) is 5.95 Å². The molecule has 1 heterocycles. The predicted octanol–water partition coefficient (Wildman–Crippen LogP) is 0.864. The zero-order valence-corrected chi connectivity index (χ0v) is 8.66. The molecule has 1 aromatic rings. The van der Waals surface area contributed by atoms with E-state index in [-0.39, 0.29) is 5.54 Å². The Morgan fingerprint density at radius 3 is 2.79 bits per heavy atom. The van der Waals surface area contributed by atoms with Crippen LogP contribution in [0.5, 0.6) is 0 Å². The van der Waals surface area contributed by atoms with Crippen molar-refractivity contribution in [3.8, 4) is 0 Å². The lowest BCUT2D eigenvalue weighted by molar-refractivity contribution is 0.181. The van der Waals surface area contributed by atoms with Crippen LogP contribution in [-0.2, 0) is 5.54 Å². The largest absolute Gasteiger partial charge is 0.342 e. The molecule has 1 saturated carbocycles. The zero-order chi connectivity index (χ0) is 10.2. The van der Waals surface area contributed by atoms with Gasteiger partial charge in [0.05, 0.1) is 5.54 Å². The number of rotatable bonds is 3. The van der Waals surface area contributed by atoms with Gasteiger partial charge < -0.3 is 15.2 Å². The molecule has 0 spiro atoms. The maximum atomic E-state index is 6.06. The highest BCUT2D eigenvalue weighted by Crippen LogP contribution is 2.38. The van der Waals surface area contributed by atoms with Gasteiger partial charge in [-0.3, -0.25) is 0 Å². The average Bonchev–Trinajstić information content (AvgIpc) is 2.62. The molecule has 0 radical (unpaired) electrons. The molecule has 0 aromatic carbocycles. The minimum absolute atomic E-state index is 0.347. The van der Waals surface area contributed by atoms with E-state index in [1.807, 2.05) is 18.9 Å². The van der Waals surface area contributed by atoms with Crippen LogP contribution in [0.2, 0.25) is 0 Å². The lowest BCUT2D eigenvalue weighted by atomic mass is 9.78. The monoisotopic (exact) mass is 196 g/mol. The van der Waals surface area contributed by atoms with Crippen molar-refractivity contribution < 1.29 is 4.52 Å². The maximum absolute atomic E-state index is 6.06. The van der Waals surface area contributed by atoms with Gasteiger partial charge in [-0.15, -0.1) is 0 Å².